The summed E-state index contributed by atoms with van der Waals surface area (Å²) >= 11 is 0. The summed E-state index contributed by atoms with van der Waals surface area (Å²) in [5.74, 6) is 0. The molecule has 1 heterocycles. The van der Waals surface area contributed by atoms with Gasteiger partial charge < -0.3 is 10.2 Å². The molecule has 3 rings (SSSR count). The maximum absolute atomic E-state index is 12.0. The topological polar surface area (TPSA) is 69.6 Å². The van der Waals surface area contributed by atoms with E-state index in [0.717, 1.165) is 24.1 Å². The van der Waals surface area contributed by atoms with Gasteiger partial charge in [-0.05, 0) is 30.5 Å². The van der Waals surface area contributed by atoms with Crippen molar-refractivity contribution in [2.24, 2.45) is 0 Å². The number of nitrogens with one attached hydrogen (secondary N) is 1. The molecule has 0 spiro atoms. The third-order valence-electron chi connectivity index (χ3n) is 6.29. The lowest BCUT2D eigenvalue weighted by Gasteiger charge is -2.28. The fraction of sp³-hybridized carbons (Fsp3) is 0.538. The highest BCUT2D eigenvalue weighted by Gasteiger charge is 2.33. The lowest BCUT2D eigenvalue weighted by molar-refractivity contribution is 0.482. The van der Waals surface area contributed by atoms with Crippen LogP contribution < -0.4 is 10.2 Å². The molecule has 2 aromatic carbocycles. The second-order valence-corrected chi connectivity index (χ2v) is 10.3. The number of para-hydroxylation sites is 1. The van der Waals surface area contributed by atoms with Gasteiger partial charge in [-0.25, -0.2) is 0 Å². The minimum atomic E-state index is -4.30. The Morgan fingerprint density at radius 1 is 0.844 bits per heavy atom. The number of hydrogen-bond donors (Lipinski definition) is 2. The van der Waals surface area contributed by atoms with Crippen molar-refractivity contribution in [1.82, 2.24) is 0 Å². The third-order valence-corrected chi connectivity index (χ3v) is 7.17. The smallest absolute Gasteiger partial charge is 0.296 e. The average Bonchev–Trinajstić information content (AvgIpc) is 3.12. The first-order valence-electron chi connectivity index (χ1n) is 12.2. The number of hydrogen-bond acceptors (Lipinski definition) is 4. The van der Waals surface area contributed by atoms with Crippen LogP contribution in [0.25, 0.3) is 0 Å². The molecular formula is C26H38N2O3S. The van der Waals surface area contributed by atoms with Gasteiger partial charge in [0.15, 0.2) is 0 Å². The predicted octanol–water partition coefficient (Wildman–Crippen LogP) is 7.00. The fourth-order valence-corrected chi connectivity index (χ4v) is 5.30. The Kier molecular flexibility index (Phi) is 9.42. The van der Waals surface area contributed by atoms with E-state index in [1.165, 1.54) is 63.9 Å². The maximum atomic E-state index is 12.0. The molecule has 0 fully saturated rings. The van der Waals surface area contributed by atoms with Crippen molar-refractivity contribution in [3.63, 3.8) is 0 Å². The Labute approximate surface area is 194 Å². The molecule has 0 aliphatic carbocycles. The Balaban J connectivity index is 1.58. The molecule has 2 N–H and O–H groups in total. The molecule has 1 atom stereocenters. The number of fused-ring (bicyclic) bond motifs is 1. The normalized spacial score (nSPS) is 15.6. The minimum absolute atomic E-state index is 0.0159. The summed E-state index contributed by atoms with van der Waals surface area (Å²) in [5.41, 5.74) is 2.46. The van der Waals surface area contributed by atoms with E-state index < -0.39 is 10.1 Å². The van der Waals surface area contributed by atoms with Gasteiger partial charge in [-0.1, -0.05) is 101 Å². The predicted molar refractivity (Wildman–Crippen MR) is 133 cm³/mol. The number of unbranched alkanes of at least 4 members (excludes halogenated alkanes) is 9. The summed E-state index contributed by atoms with van der Waals surface area (Å²) < 4.78 is 33.9. The second-order valence-electron chi connectivity index (χ2n) is 8.87. The van der Waals surface area contributed by atoms with Crippen molar-refractivity contribution < 1.29 is 13.0 Å². The highest BCUT2D eigenvalue weighted by atomic mass is 32.2. The van der Waals surface area contributed by atoms with Crippen LogP contribution in [-0.2, 0) is 16.7 Å². The van der Waals surface area contributed by atoms with E-state index in [4.69, 9.17) is 0 Å². The monoisotopic (exact) mass is 458 g/mol. The maximum Gasteiger partial charge on any atom is 0.296 e. The van der Waals surface area contributed by atoms with Crippen LogP contribution in [0.1, 0.15) is 83.1 Å². The van der Waals surface area contributed by atoms with E-state index in [9.17, 15) is 13.0 Å². The molecule has 1 unspecified atom stereocenters. The molecule has 0 aromatic heterocycles. The van der Waals surface area contributed by atoms with Gasteiger partial charge in [0.2, 0.25) is 0 Å². The van der Waals surface area contributed by atoms with Gasteiger partial charge in [0.25, 0.3) is 10.1 Å². The zero-order chi connectivity index (χ0) is 22.8. The molecule has 0 amide bonds. The quantitative estimate of drug-likeness (QED) is 0.235. The van der Waals surface area contributed by atoms with Crippen molar-refractivity contribution in [3.8, 4) is 0 Å². The number of nitrogens with zero attached hydrogens (tertiary/aromatic N) is 1. The van der Waals surface area contributed by atoms with Crippen LogP contribution in [-0.4, -0.2) is 19.1 Å². The summed E-state index contributed by atoms with van der Waals surface area (Å²) in [4.78, 5) is 2.07. The van der Waals surface area contributed by atoms with Crippen molar-refractivity contribution in [2.45, 2.75) is 95.2 Å². The summed E-state index contributed by atoms with van der Waals surface area (Å²) in [7, 11) is -4.30. The van der Waals surface area contributed by atoms with Gasteiger partial charge in [-0.3, -0.25) is 4.55 Å². The van der Waals surface area contributed by atoms with E-state index in [1.807, 2.05) is 36.4 Å². The van der Waals surface area contributed by atoms with Crippen molar-refractivity contribution in [2.75, 3.05) is 10.2 Å². The lowest BCUT2D eigenvalue weighted by Crippen LogP contribution is -2.35. The number of anilines is 2. The molecule has 1 aliphatic rings. The Bertz CT molecular complexity index is 931. The van der Waals surface area contributed by atoms with Gasteiger partial charge in [-0.15, -0.1) is 0 Å². The standard InChI is InChI=1S/C26H38N2O3S/c1-2-3-4-5-6-7-8-9-10-14-20-25-27-23-18-15-19-24(32(29,30)31)26(23)28(25)21-22-16-12-11-13-17-22/h11-13,15-19,25,27H,2-10,14,20-21H2,1H3,(H,29,30,31). The zero-order valence-electron chi connectivity index (χ0n) is 19.3. The van der Waals surface area contributed by atoms with Crippen molar-refractivity contribution in [1.29, 1.82) is 0 Å². The Hall–Kier alpha value is -2.05. The molecule has 6 heteroatoms. The summed E-state index contributed by atoms with van der Waals surface area (Å²) in [5, 5.41) is 3.50. The average molecular weight is 459 g/mol. The number of benzene rings is 2. The Morgan fingerprint density at radius 2 is 1.47 bits per heavy atom. The fourth-order valence-electron chi connectivity index (χ4n) is 4.58. The molecule has 176 valence electrons. The molecule has 5 nitrogen and oxygen atoms in total. The first-order chi connectivity index (χ1) is 15.5. The molecule has 0 saturated heterocycles. The molecule has 0 saturated carbocycles. The molecule has 1 aliphatic heterocycles. The summed E-state index contributed by atoms with van der Waals surface area (Å²) in [6.07, 6.45) is 13.8. The molecular weight excluding hydrogens is 420 g/mol. The van der Waals surface area contributed by atoms with Crippen LogP contribution in [0.5, 0.6) is 0 Å². The summed E-state index contributed by atoms with van der Waals surface area (Å²) in [6.45, 7) is 2.85. The lowest BCUT2D eigenvalue weighted by atomic mass is 10.1. The van der Waals surface area contributed by atoms with E-state index >= 15 is 0 Å². The van der Waals surface area contributed by atoms with Crippen LogP contribution in [0, 0.1) is 0 Å². The van der Waals surface area contributed by atoms with Gasteiger partial charge >= 0.3 is 0 Å². The first kappa shape index (κ1) is 24.6. The highest BCUT2D eigenvalue weighted by Crippen LogP contribution is 2.41. The molecule has 2 aromatic rings. The second kappa shape index (κ2) is 12.3. The molecule has 0 bridgehead atoms. The van der Waals surface area contributed by atoms with Crippen LogP contribution >= 0.6 is 0 Å². The van der Waals surface area contributed by atoms with Gasteiger partial charge in [0.1, 0.15) is 4.90 Å². The Morgan fingerprint density at radius 3 is 2.09 bits per heavy atom. The molecule has 32 heavy (non-hydrogen) atoms. The van der Waals surface area contributed by atoms with Crippen LogP contribution in [0.4, 0.5) is 11.4 Å². The van der Waals surface area contributed by atoms with E-state index in [-0.39, 0.29) is 11.1 Å². The van der Waals surface area contributed by atoms with E-state index in [1.54, 1.807) is 6.07 Å². The number of rotatable bonds is 14. The highest BCUT2D eigenvalue weighted by molar-refractivity contribution is 7.86. The SMILES string of the molecule is CCCCCCCCCCCCC1Nc2cccc(S(=O)(=O)O)c2N1Cc1ccccc1. The minimum Gasteiger partial charge on any atom is -0.363 e. The van der Waals surface area contributed by atoms with Crippen LogP contribution in [0.3, 0.4) is 0 Å². The van der Waals surface area contributed by atoms with Gasteiger partial charge in [0, 0.05) is 6.54 Å². The largest absolute Gasteiger partial charge is 0.363 e. The van der Waals surface area contributed by atoms with Crippen molar-refractivity contribution in [3.05, 3.63) is 54.1 Å². The van der Waals surface area contributed by atoms with Gasteiger partial charge in [0.05, 0.1) is 17.5 Å². The van der Waals surface area contributed by atoms with Gasteiger partial charge in [-0.2, -0.15) is 8.42 Å². The van der Waals surface area contributed by atoms with Crippen LogP contribution in [0.2, 0.25) is 0 Å². The molecule has 0 radical (unpaired) electrons. The van der Waals surface area contributed by atoms with Crippen LogP contribution in [0.15, 0.2) is 53.4 Å². The first-order valence-corrected chi connectivity index (χ1v) is 13.6. The van der Waals surface area contributed by atoms with E-state index in [0.29, 0.717) is 12.2 Å². The zero-order valence-corrected chi connectivity index (χ0v) is 20.1. The third kappa shape index (κ3) is 6.97. The summed E-state index contributed by atoms with van der Waals surface area (Å²) in [6, 6.07) is 15.1. The van der Waals surface area contributed by atoms with E-state index in [2.05, 4.69) is 17.1 Å². The van der Waals surface area contributed by atoms with Crippen molar-refractivity contribution >= 4 is 21.5 Å².